The number of hydrogen-bond donors (Lipinski definition) is 1. The minimum Gasteiger partial charge on any atom is -0.333 e. The Morgan fingerprint density at radius 2 is 2.09 bits per heavy atom. The molecule has 5 nitrogen and oxygen atoms in total. The van der Waals surface area contributed by atoms with Crippen molar-refractivity contribution in [2.45, 2.75) is 38.3 Å². The van der Waals surface area contributed by atoms with Gasteiger partial charge in [0.1, 0.15) is 6.54 Å². The van der Waals surface area contributed by atoms with Gasteiger partial charge in [-0.15, -0.1) is 11.3 Å². The fourth-order valence-electron chi connectivity index (χ4n) is 2.93. The van der Waals surface area contributed by atoms with Crippen LogP contribution in [0, 0.1) is 5.92 Å². The topological polar surface area (TPSA) is 62.3 Å². The molecule has 2 heterocycles. The number of thiazole rings is 1. The predicted octanol–water partition coefficient (Wildman–Crippen LogP) is 2.37. The Balaban J connectivity index is 1.60. The number of carbonyl (C=O) groups is 2. The third-order valence-corrected chi connectivity index (χ3v) is 5.10. The van der Waals surface area contributed by atoms with Crippen molar-refractivity contribution in [3.8, 4) is 0 Å². The minimum absolute atomic E-state index is 0.187. The van der Waals surface area contributed by atoms with Gasteiger partial charge < -0.3 is 10.2 Å². The van der Waals surface area contributed by atoms with Crippen molar-refractivity contribution in [3.05, 3.63) is 10.6 Å². The van der Waals surface area contributed by atoms with E-state index in [1.165, 1.54) is 11.3 Å². The minimum atomic E-state index is -4.45. The zero-order valence-electron chi connectivity index (χ0n) is 12.3. The number of carbonyl (C=O) groups excluding carboxylic acids is 2. The molecular formula is C14H16F3N3O2S. The first-order valence-corrected chi connectivity index (χ1v) is 8.27. The second kappa shape index (κ2) is 6.10. The van der Waals surface area contributed by atoms with Gasteiger partial charge in [0.15, 0.2) is 5.13 Å². The number of nitrogens with zero attached hydrogens (tertiary/aromatic N) is 2. The molecule has 1 aliphatic heterocycles. The van der Waals surface area contributed by atoms with E-state index in [2.05, 4.69) is 10.3 Å². The number of fused-ring (bicyclic) bond motifs is 1. The van der Waals surface area contributed by atoms with Crippen LogP contribution < -0.4 is 5.32 Å². The summed E-state index contributed by atoms with van der Waals surface area (Å²) in [6.07, 6.45) is -0.616. The van der Waals surface area contributed by atoms with Crippen LogP contribution in [0.3, 0.4) is 0 Å². The van der Waals surface area contributed by atoms with Gasteiger partial charge in [-0.25, -0.2) is 4.98 Å². The number of amides is 2. The Bertz CT molecular complexity index is 606. The lowest BCUT2D eigenvalue weighted by Crippen LogP contribution is -2.36. The Morgan fingerprint density at radius 1 is 1.35 bits per heavy atom. The Kier molecular flexibility index (Phi) is 4.31. The van der Waals surface area contributed by atoms with Crippen LogP contribution in [0.15, 0.2) is 0 Å². The van der Waals surface area contributed by atoms with E-state index in [0.717, 1.165) is 36.3 Å². The van der Waals surface area contributed by atoms with Gasteiger partial charge in [0.2, 0.25) is 11.8 Å². The van der Waals surface area contributed by atoms with E-state index in [0.29, 0.717) is 10.0 Å². The van der Waals surface area contributed by atoms with Crippen molar-refractivity contribution >= 4 is 28.3 Å². The number of aryl methyl sites for hydroxylation is 2. The second-order valence-corrected chi connectivity index (χ2v) is 6.96. The number of aromatic nitrogens is 1. The lowest BCUT2D eigenvalue weighted by Gasteiger charge is -2.18. The molecule has 1 saturated heterocycles. The zero-order chi connectivity index (χ0) is 16.6. The van der Waals surface area contributed by atoms with Crippen LogP contribution in [-0.2, 0) is 22.4 Å². The van der Waals surface area contributed by atoms with Gasteiger partial charge in [0.05, 0.1) is 11.6 Å². The van der Waals surface area contributed by atoms with Gasteiger partial charge >= 0.3 is 6.18 Å². The van der Waals surface area contributed by atoms with Crippen LogP contribution >= 0.6 is 11.3 Å². The first-order chi connectivity index (χ1) is 10.8. The SMILES string of the molecule is O=C(Nc1nc2c(s1)CCCC2)C1CC(=O)N(CC(F)(F)F)C1. The predicted molar refractivity (Wildman–Crippen MR) is 78.1 cm³/mol. The molecule has 1 aromatic heterocycles. The molecule has 0 spiro atoms. The summed E-state index contributed by atoms with van der Waals surface area (Å²) in [7, 11) is 0. The molecule has 0 aromatic carbocycles. The maximum absolute atomic E-state index is 12.4. The van der Waals surface area contributed by atoms with E-state index in [4.69, 9.17) is 0 Å². The molecule has 1 fully saturated rings. The number of likely N-dealkylation sites (tertiary alicyclic amines) is 1. The lowest BCUT2D eigenvalue weighted by atomic mass is 10.0. The van der Waals surface area contributed by atoms with E-state index in [-0.39, 0.29) is 13.0 Å². The smallest absolute Gasteiger partial charge is 0.333 e. The van der Waals surface area contributed by atoms with Crippen molar-refractivity contribution in [2.24, 2.45) is 5.92 Å². The Hall–Kier alpha value is -1.64. The zero-order valence-corrected chi connectivity index (χ0v) is 13.1. The van der Waals surface area contributed by atoms with Gasteiger partial charge in [-0.05, 0) is 25.7 Å². The Labute approximate surface area is 134 Å². The largest absolute Gasteiger partial charge is 0.406 e. The third-order valence-electron chi connectivity index (χ3n) is 4.03. The number of halogens is 3. The molecule has 3 rings (SSSR count). The molecule has 1 aliphatic carbocycles. The summed E-state index contributed by atoms with van der Waals surface area (Å²) in [5, 5.41) is 3.13. The number of anilines is 1. The van der Waals surface area contributed by atoms with Gasteiger partial charge in [-0.3, -0.25) is 9.59 Å². The average molecular weight is 347 g/mol. The maximum Gasteiger partial charge on any atom is 0.406 e. The van der Waals surface area contributed by atoms with Gasteiger partial charge in [0, 0.05) is 17.8 Å². The van der Waals surface area contributed by atoms with Crippen LogP contribution in [0.2, 0.25) is 0 Å². The van der Waals surface area contributed by atoms with E-state index in [9.17, 15) is 22.8 Å². The summed E-state index contributed by atoms with van der Waals surface area (Å²) in [5.41, 5.74) is 0.998. The van der Waals surface area contributed by atoms with E-state index in [1.807, 2.05) is 0 Å². The summed E-state index contributed by atoms with van der Waals surface area (Å²) in [6, 6.07) is 0. The quantitative estimate of drug-likeness (QED) is 0.913. The molecule has 1 N–H and O–H groups in total. The average Bonchev–Trinajstić information content (AvgIpc) is 3.00. The van der Waals surface area contributed by atoms with Crippen molar-refractivity contribution in [1.29, 1.82) is 0 Å². The van der Waals surface area contributed by atoms with Gasteiger partial charge in [0.25, 0.3) is 0 Å². The van der Waals surface area contributed by atoms with Crippen molar-refractivity contribution in [1.82, 2.24) is 9.88 Å². The number of nitrogens with one attached hydrogen (secondary N) is 1. The number of alkyl halides is 3. The molecule has 126 valence electrons. The molecule has 0 bridgehead atoms. The highest BCUT2D eigenvalue weighted by Gasteiger charge is 2.40. The molecule has 2 amide bonds. The summed E-state index contributed by atoms with van der Waals surface area (Å²) >= 11 is 1.41. The number of rotatable bonds is 3. The maximum atomic E-state index is 12.4. The molecular weight excluding hydrogens is 331 g/mol. The van der Waals surface area contributed by atoms with Crippen molar-refractivity contribution < 1.29 is 22.8 Å². The molecule has 1 atom stereocenters. The Morgan fingerprint density at radius 3 is 2.78 bits per heavy atom. The molecule has 9 heteroatoms. The van der Waals surface area contributed by atoms with E-state index in [1.54, 1.807) is 0 Å². The van der Waals surface area contributed by atoms with E-state index < -0.39 is 30.5 Å². The highest BCUT2D eigenvalue weighted by molar-refractivity contribution is 7.15. The fourth-order valence-corrected chi connectivity index (χ4v) is 3.98. The standard InChI is InChI=1S/C14H16F3N3O2S/c15-14(16,17)7-20-6-8(5-11(20)21)12(22)19-13-18-9-3-1-2-4-10(9)23-13/h8H,1-7H2,(H,18,19,22). The van der Waals surface area contributed by atoms with Crippen molar-refractivity contribution in [3.63, 3.8) is 0 Å². The lowest BCUT2D eigenvalue weighted by molar-refractivity contribution is -0.157. The highest BCUT2D eigenvalue weighted by atomic mass is 32.1. The summed E-state index contributed by atoms with van der Waals surface area (Å²) in [6.45, 7) is -1.50. The third kappa shape index (κ3) is 3.82. The molecule has 0 saturated carbocycles. The van der Waals surface area contributed by atoms with Crippen molar-refractivity contribution in [2.75, 3.05) is 18.4 Å². The molecule has 1 unspecified atom stereocenters. The van der Waals surface area contributed by atoms with Crippen LogP contribution in [0.25, 0.3) is 0 Å². The van der Waals surface area contributed by atoms with Gasteiger partial charge in [-0.2, -0.15) is 13.2 Å². The second-order valence-electron chi connectivity index (χ2n) is 5.88. The summed E-state index contributed by atoms with van der Waals surface area (Å²) < 4.78 is 37.2. The summed E-state index contributed by atoms with van der Waals surface area (Å²) in [4.78, 5) is 30.0. The fraction of sp³-hybridized carbons (Fsp3) is 0.643. The summed E-state index contributed by atoms with van der Waals surface area (Å²) in [5.74, 6) is -1.83. The van der Waals surface area contributed by atoms with Crippen LogP contribution in [0.1, 0.15) is 29.8 Å². The molecule has 1 aromatic rings. The monoisotopic (exact) mass is 347 g/mol. The number of hydrogen-bond acceptors (Lipinski definition) is 4. The molecule has 0 radical (unpaired) electrons. The molecule has 2 aliphatic rings. The first-order valence-electron chi connectivity index (χ1n) is 7.46. The van der Waals surface area contributed by atoms with Crippen LogP contribution in [0.5, 0.6) is 0 Å². The van der Waals surface area contributed by atoms with Crippen LogP contribution in [-0.4, -0.2) is 41.0 Å². The van der Waals surface area contributed by atoms with Gasteiger partial charge in [-0.1, -0.05) is 0 Å². The van der Waals surface area contributed by atoms with Crippen LogP contribution in [0.4, 0.5) is 18.3 Å². The molecule has 23 heavy (non-hydrogen) atoms. The first kappa shape index (κ1) is 16.2. The highest BCUT2D eigenvalue weighted by Crippen LogP contribution is 2.30. The normalized spacial score (nSPS) is 21.4. The van der Waals surface area contributed by atoms with E-state index >= 15 is 0 Å².